The Hall–Kier alpha value is -2.40. The van der Waals surface area contributed by atoms with Gasteiger partial charge in [0.2, 0.25) is 11.8 Å². The van der Waals surface area contributed by atoms with Crippen LogP contribution in [-0.4, -0.2) is 74.3 Å². The molecule has 2 amide bonds. The van der Waals surface area contributed by atoms with Crippen molar-refractivity contribution in [3.8, 4) is 11.5 Å². The summed E-state index contributed by atoms with van der Waals surface area (Å²) in [6.07, 6.45) is 1.96. The Labute approximate surface area is 252 Å². The first-order valence-corrected chi connectivity index (χ1v) is 15.2. The molecule has 0 aliphatic rings. The number of nitrogens with two attached hydrogens (primary N) is 2. The van der Waals surface area contributed by atoms with Crippen molar-refractivity contribution in [1.82, 2.24) is 5.32 Å². The van der Waals surface area contributed by atoms with Crippen molar-refractivity contribution >= 4 is 11.8 Å². The monoisotopic (exact) mass is 595 g/mol. The topological polar surface area (TPSA) is 166 Å². The Balaban J connectivity index is 2.93. The second kappa shape index (κ2) is 19.0. The molecule has 0 bridgehead atoms. The van der Waals surface area contributed by atoms with Crippen LogP contribution in [-0.2, 0) is 20.7 Å². The summed E-state index contributed by atoms with van der Waals surface area (Å²) < 4.78 is 17.0. The van der Waals surface area contributed by atoms with Crippen LogP contribution in [0.5, 0.6) is 11.5 Å². The third-order valence-corrected chi connectivity index (χ3v) is 7.84. The molecule has 42 heavy (non-hydrogen) atoms. The second-order valence-electron chi connectivity index (χ2n) is 12.6. The van der Waals surface area contributed by atoms with Gasteiger partial charge in [-0.3, -0.25) is 9.59 Å². The van der Waals surface area contributed by atoms with Crippen molar-refractivity contribution in [3.63, 3.8) is 0 Å². The largest absolute Gasteiger partial charge is 0.490 e. The highest BCUT2D eigenvalue weighted by atomic mass is 16.5. The van der Waals surface area contributed by atoms with E-state index in [4.69, 9.17) is 30.8 Å². The van der Waals surface area contributed by atoms with Gasteiger partial charge >= 0.3 is 0 Å². The first-order chi connectivity index (χ1) is 19.7. The van der Waals surface area contributed by atoms with Gasteiger partial charge in [0.05, 0.1) is 24.7 Å². The molecular weight excluding hydrogens is 538 g/mol. The number of amides is 2. The lowest BCUT2D eigenvalue weighted by molar-refractivity contribution is -0.130. The molecule has 0 spiro atoms. The summed E-state index contributed by atoms with van der Waals surface area (Å²) in [7, 11) is 1.66. The Bertz CT molecular complexity index is 939. The molecule has 0 radical (unpaired) electrons. The summed E-state index contributed by atoms with van der Waals surface area (Å²) >= 11 is 0. The van der Waals surface area contributed by atoms with E-state index in [0.717, 1.165) is 18.4 Å². The molecule has 0 saturated carbocycles. The van der Waals surface area contributed by atoms with Crippen molar-refractivity contribution in [3.05, 3.63) is 23.8 Å². The Morgan fingerprint density at radius 2 is 1.62 bits per heavy atom. The van der Waals surface area contributed by atoms with Crippen molar-refractivity contribution in [2.24, 2.45) is 40.6 Å². The number of hydrogen-bond donors (Lipinski definition) is 5. The number of nitrogens with one attached hydrogen (secondary N) is 1. The van der Waals surface area contributed by atoms with Crippen LogP contribution in [0, 0.1) is 29.1 Å². The van der Waals surface area contributed by atoms with Crippen molar-refractivity contribution in [1.29, 1.82) is 0 Å². The summed E-state index contributed by atoms with van der Waals surface area (Å²) in [5.74, 6) is 0.585. The Kier molecular flexibility index (Phi) is 17.0. The van der Waals surface area contributed by atoms with Gasteiger partial charge in [-0.1, -0.05) is 33.8 Å². The van der Waals surface area contributed by atoms with Gasteiger partial charge in [-0.25, -0.2) is 0 Å². The quantitative estimate of drug-likeness (QED) is 0.128. The van der Waals surface area contributed by atoms with E-state index < -0.39 is 29.4 Å². The molecule has 0 aromatic heterocycles. The molecule has 0 fully saturated rings. The van der Waals surface area contributed by atoms with Crippen LogP contribution in [0.15, 0.2) is 18.2 Å². The number of carbonyl (C=O) groups is 2. The zero-order valence-corrected chi connectivity index (χ0v) is 26.9. The smallest absolute Gasteiger partial charge is 0.224 e. The van der Waals surface area contributed by atoms with Gasteiger partial charge in [-0.15, -0.1) is 0 Å². The number of benzene rings is 1. The minimum atomic E-state index is -0.866. The minimum absolute atomic E-state index is 0.0233. The zero-order valence-electron chi connectivity index (χ0n) is 26.9. The molecule has 1 aromatic carbocycles. The fraction of sp³-hybridized carbons (Fsp3) is 0.750. The molecule has 10 heteroatoms. The van der Waals surface area contributed by atoms with Gasteiger partial charge in [0.15, 0.2) is 11.5 Å². The van der Waals surface area contributed by atoms with E-state index >= 15 is 0 Å². The van der Waals surface area contributed by atoms with Crippen LogP contribution in [0.1, 0.15) is 72.8 Å². The summed E-state index contributed by atoms with van der Waals surface area (Å²) in [6.45, 7) is 13.2. The van der Waals surface area contributed by atoms with Crippen LogP contribution in [0.2, 0.25) is 0 Å². The van der Waals surface area contributed by atoms with Gasteiger partial charge in [0.25, 0.3) is 0 Å². The van der Waals surface area contributed by atoms with E-state index in [0.29, 0.717) is 50.1 Å². The van der Waals surface area contributed by atoms with E-state index in [-0.39, 0.29) is 37.3 Å². The molecule has 7 N–H and O–H groups in total. The molecule has 1 aromatic rings. The third kappa shape index (κ3) is 13.3. The lowest BCUT2D eigenvalue weighted by Gasteiger charge is -2.30. The summed E-state index contributed by atoms with van der Waals surface area (Å²) in [6, 6.07) is 5.39. The molecule has 0 saturated heterocycles. The van der Waals surface area contributed by atoms with Crippen LogP contribution in [0.4, 0.5) is 0 Å². The lowest BCUT2D eigenvalue weighted by atomic mass is 9.80. The first kappa shape index (κ1) is 37.6. The van der Waals surface area contributed by atoms with E-state index in [1.807, 2.05) is 32.0 Å². The number of aliphatic hydroxyl groups is 2. The van der Waals surface area contributed by atoms with Gasteiger partial charge < -0.3 is 41.2 Å². The molecule has 242 valence electrons. The number of hydrogen-bond acceptors (Lipinski definition) is 8. The number of aliphatic hydroxyl groups excluding tert-OH is 2. The molecule has 4 atom stereocenters. The van der Waals surface area contributed by atoms with Gasteiger partial charge in [-0.2, -0.15) is 0 Å². The van der Waals surface area contributed by atoms with E-state index in [2.05, 4.69) is 19.2 Å². The predicted octanol–water partition coefficient (Wildman–Crippen LogP) is 3.05. The lowest BCUT2D eigenvalue weighted by Crippen LogP contribution is -2.46. The average molecular weight is 596 g/mol. The maximum atomic E-state index is 13.0. The van der Waals surface area contributed by atoms with Crippen LogP contribution >= 0.6 is 0 Å². The molecular formula is C32H57N3O7. The summed E-state index contributed by atoms with van der Waals surface area (Å²) in [5, 5.41) is 23.0. The van der Waals surface area contributed by atoms with E-state index in [1.165, 1.54) is 0 Å². The van der Waals surface area contributed by atoms with E-state index in [1.54, 1.807) is 21.0 Å². The molecule has 10 nitrogen and oxygen atoms in total. The van der Waals surface area contributed by atoms with Gasteiger partial charge in [-0.05, 0) is 68.6 Å². The van der Waals surface area contributed by atoms with Crippen molar-refractivity contribution < 1.29 is 34.0 Å². The molecule has 0 aliphatic carbocycles. The van der Waals surface area contributed by atoms with Crippen LogP contribution in [0.3, 0.4) is 0 Å². The summed E-state index contributed by atoms with van der Waals surface area (Å²) in [4.78, 5) is 24.6. The maximum absolute atomic E-state index is 13.0. The van der Waals surface area contributed by atoms with E-state index in [9.17, 15) is 14.7 Å². The maximum Gasteiger partial charge on any atom is 0.224 e. The van der Waals surface area contributed by atoms with Gasteiger partial charge in [0, 0.05) is 51.7 Å². The fourth-order valence-electron chi connectivity index (χ4n) is 4.59. The predicted molar refractivity (Wildman–Crippen MR) is 165 cm³/mol. The number of carbonyl (C=O) groups excluding carboxylic acids is 2. The summed E-state index contributed by atoms with van der Waals surface area (Å²) in [5.41, 5.74) is 12.2. The fourth-order valence-corrected chi connectivity index (χ4v) is 4.59. The highest BCUT2D eigenvalue weighted by molar-refractivity contribution is 5.83. The van der Waals surface area contributed by atoms with Gasteiger partial charge in [0.1, 0.15) is 0 Å². The Morgan fingerprint density at radius 1 is 0.976 bits per heavy atom. The van der Waals surface area contributed by atoms with Crippen LogP contribution in [0.25, 0.3) is 0 Å². The normalized spacial score (nSPS) is 14.9. The van der Waals surface area contributed by atoms with Crippen LogP contribution < -0.4 is 26.3 Å². The standard InChI is InChI=1S/C32H57N3O7/c1-21(2)24(16-23-10-11-28(41-14-8-12-36)29(17-23)42-15-9-13-40-7)18-26(33)27(37)19-25(22(3)4)30(38)35-20-32(5,6)31(34)39/h10-11,17,21-22,24-27,36-37H,8-9,12-16,18-20,33H2,1-7H3,(H2,34,39)(H,35,38)/t24-,25+,26-,27-/m0/s1. The second-order valence-corrected chi connectivity index (χ2v) is 12.6. The SMILES string of the molecule is COCCCOc1cc(C[C@@H](C[C@H](N)[C@@H](O)C[C@@H](C(=O)NCC(C)(C)C(N)=O)C(C)C)C(C)C)ccc1OCCCO. The molecule has 0 unspecified atom stereocenters. The third-order valence-electron chi connectivity index (χ3n) is 7.84. The number of primary amides is 1. The highest BCUT2D eigenvalue weighted by Gasteiger charge is 2.32. The zero-order chi connectivity index (χ0) is 31.9. The first-order valence-electron chi connectivity index (χ1n) is 15.2. The van der Waals surface area contributed by atoms with Crippen molar-refractivity contribution in [2.75, 3.05) is 40.1 Å². The molecule has 0 aliphatic heterocycles. The highest BCUT2D eigenvalue weighted by Crippen LogP contribution is 2.32. The number of methoxy groups -OCH3 is 1. The number of rotatable bonds is 22. The Morgan fingerprint density at radius 3 is 2.19 bits per heavy atom. The van der Waals surface area contributed by atoms with Crippen molar-refractivity contribution in [2.45, 2.75) is 85.8 Å². The number of ether oxygens (including phenoxy) is 3. The molecule has 1 rings (SSSR count). The molecule has 0 heterocycles. The minimum Gasteiger partial charge on any atom is -0.490 e. The average Bonchev–Trinajstić information content (AvgIpc) is 2.92.